The Hall–Kier alpha value is -2.90. The molecule has 1 N–H and O–H groups in total. The molecule has 0 saturated carbocycles. The molecule has 0 saturated heterocycles. The van der Waals surface area contributed by atoms with Crippen molar-refractivity contribution in [2.24, 2.45) is 0 Å². The van der Waals surface area contributed by atoms with Gasteiger partial charge < -0.3 is 5.32 Å². The molecule has 7 heteroatoms. The van der Waals surface area contributed by atoms with Crippen molar-refractivity contribution in [2.75, 3.05) is 11.1 Å². The number of amides is 1. The van der Waals surface area contributed by atoms with E-state index >= 15 is 0 Å². The number of hydrogen-bond acceptors (Lipinski definition) is 5. The molecule has 0 aliphatic heterocycles. The van der Waals surface area contributed by atoms with Crippen molar-refractivity contribution >= 4 is 44.9 Å². The highest BCUT2D eigenvalue weighted by atomic mass is 32.2. The predicted molar refractivity (Wildman–Crippen MR) is 129 cm³/mol. The number of fused-ring (bicyclic) bond motifs is 1. The van der Waals surface area contributed by atoms with Gasteiger partial charge in [-0.05, 0) is 43.5 Å². The van der Waals surface area contributed by atoms with E-state index in [1.165, 1.54) is 23.1 Å². The van der Waals surface area contributed by atoms with E-state index < -0.39 is 0 Å². The third-order valence-corrected chi connectivity index (χ3v) is 7.19. The van der Waals surface area contributed by atoms with Crippen LogP contribution in [0.3, 0.4) is 0 Å². The number of aryl methyl sites for hydroxylation is 3. The first-order valence-corrected chi connectivity index (χ1v) is 11.9. The summed E-state index contributed by atoms with van der Waals surface area (Å²) in [5.74, 6) is 0.0559. The number of nitrogens with one attached hydrogen (secondary N) is 1. The molecule has 0 spiro atoms. The maximum Gasteiger partial charge on any atom is 0.263 e. The molecule has 0 aliphatic rings. The first kappa shape index (κ1) is 21.3. The highest BCUT2D eigenvalue weighted by Crippen LogP contribution is 2.28. The zero-order chi connectivity index (χ0) is 21.8. The second kappa shape index (κ2) is 9.49. The minimum Gasteiger partial charge on any atom is -0.325 e. The Bertz CT molecular complexity index is 1260. The van der Waals surface area contributed by atoms with E-state index in [1.807, 2.05) is 62.4 Å². The lowest BCUT2D eigenvalue weighted by atomic mass is 10.1. The topological polar surface area (TPSA) is 64.0 Å². The lowest BCUT2D eigenvalue weighted by Gasteiger charge is -2.12. The Morgan fingerprint density at radius 3 is 2.45 bits per heavy atom. The zero-order valence-corrected chi connectivity index (χ0v) is 19.1. The summed E-state index contributed by atoms with van der Waals surface area (Å²) in [6.07, 6.45) is 0.722. The molecule has 2 aromatic heterocycles. The third kappa shape index (κ3) is 4.89. The van der Waals surface area contributed by atoms with Crippen LogP contribution < -0.4 is 10.9 Å². The minimum atomic E-state index is -0.126. The number of thioether (sulfide) groups is 1. The molecule has 0 atom stereocenters. The van der Waals surface area contributed by atoms with Crippen molar-refractivity contribution in [3.63, 3.8) is 0 Å². The van der Waals surface area contributed by atoms with Gasteiger partial charge in [-0.3, -0.25) is 14.2 Å². The molecule has 0 unspecified atom stereocenters. The summed E-state index contributed by atoms with van der Waals surface area (Å²) in [5.41, 5.74) is 2.87. The van der Waals surface area contributed by atoms with E-state index in [9.17, 15) is 9.59 Å². The average Bonchev–Trinajstić information content (AvgIpc) is 3.06. The Morgan fingerprint density at radius 1 is 1.06 bits per heavy atom. The Morgan fingerprint density at radius 2 is 1.74 bits per heavy atom. The van der Waals surface area contributed by atoms with Gasteiger partial charge in [-0.25, -0.2) is 4.98 Å². The number of nitrogens with zero attached hydrogens (tertiary/aromatic N) is 2. The van der Waals surface area contributed by atoms with Gasteiger partial charge in [0.05, 0.1) is 11.1 Å². The standard InChI is InChI=1S/C24H23N3O2S2/c1-16-17(2)31-22-21(16)23(29)27(14-13-18-9-5-3-6-10-18)24(26-22)30-15-20(28)25-19-11-7-4-8-12-19/h3-12H,13-15H2,1-2H3,(H,25,28). The van der Waals surface area contributed by atoms with Gasteiger partial charge in [0.1, 0.15) is 4.83 Å². The van der Waals surface area contributed by atoms with Gasteiger partial charge in [0.15, 0.2) is 5.16 Å². The number of carbonyl (C=O) groups is 1. The molecule has 158 valence electrons. The second-order valence-electron chi connectivity index (χ2n) is 7.25. The minimum absolute atomic E-state index is 0.0336. The van der Waals surface area contributed by atoms with Crippen LogP contribution in [0.1, 0.15) is 16.0 Å². The molecule has 4 aromatic rings. The van der Waals surface area contributed by atoms with Crippen LogP contribution in [0, 0.1) is 13.8 Å². The smallest absolute Gasteiger partial charge is 0.263 e. The molecular weight excluding hydrogens is 426 g/mol. The van der Waals surface area contributed by atoms with Gasteiger partial charge in [-0.1, -0.05) is 60.3 Å². The molecule has 0 fully saturated rings. The van der Waals surface area contributed by atoms with Crippen LogP contribution in [0.15, 0.2) is 70.6 Å². The van der Waals surface area contributed by atoms with Crippen LogP contribution in [0.4, 0.5) is 5.69 Å². The van der Waals surface area contributed by atoms with Crippen LogP contribution in [0.25, 0.3) is 10.2 Å². The fraction of sp³-hybridized carbons (Fsp3) is 0.208. The van der Waals surface area contributed by atoms with Gasteiger partial charge in [-0.15, -0.1) is 11.3 Å². The van der Waals surface area contributed by atoms with Crippen molar-refractivity contribution in [1.82, 2.24) is 9.55 Å². The summed E-state index contributed by atoms with van der Waals surface area (Å²) in [7, 11) is 0. The maximum atomic E-state index is 13.4. The third-order valence-electron chi connectivity index (χ3n) is 5.11. The quantitative estimate of drug-likeness (QED) is 0.317. The predicted octanol–water partition coefficient (Wildman–Crippen LogP) is 5.05. The van der Waals surface area contributed by atoms with Gasteiger partial charge >= 0.3 is 0 Å². The van der Waals surface area contributed by atoms with E-state index in [0.717, 1.165) is 32.9 Å². The molecule has 31 heavy (non-hydrogen) atoms. The van der Waals surface area contributed by atoms with E-state index in [-0.39, 0.29) is 17.2 Å². The summed E-state index contributed by atoms with van der Waals surface area (Å²) >= 11 is 2.83. The number of carbonyl (C=O) groups excluding carboxylic acids is 1. The fourth-order valence-corrected chi connectivity index (χ4v) is 5.25. The molecule has 1 amide bonds. The average molecular weight is 450 g/mol. The highest BCUT2D eigenvalue weighted by Gasteiger charge is 2.17. The van der Waals surface area contributed by atoms with Crippen LogP contribution >= 0.6 is 23.1 Å². The number of aromatic nitrogens is 2. The molecule has 2 aromatic carbocycles. The number of rotatable bonds is 7. The van der Waals surface area contributed by atoms with Crippen LogP contribution in [0.2, 0.25) is 0 Å². The molecule has 0 aliphatic carbocycles. The monoisotopic (exact) mass is 449 g/mol. The van der Waals surface area contributed by atoms with Crippen LogP contribution in [-0.4, -0.2) is 21.2 Å². The molecule has 0 radical (unpaired) electrons. The summed E-state index contributed by atoms with van der Waals surface area (Å²) in [6, 6.07) is 19.4. The van der Waals surface area contributed by atoms with Crippen molar-refractivity contribution < 1.29 is 4.79 Å². The number of anilines is 1. The van der Waals surface area contributed by atoms with Crippen molar-refractivity contribution in [1.29, 1.82) is 0 Å². The first-order chi connectivity index (χ1) is 15.0. The van der Waals surface area contributed by atoms with Crippen molar-refractivity contribution in [3.8, 4) is 0 Å². The second-order valence-corrected chi connectivity index (χ2v) is 9.40. The van der Waals surface area contributed by atoms with Crippen molar-refractivity contribution in [3.05, 3.63) is 87.0 Å². The van der Waals surface area contributed by atoms with E-state index in [1.54, 1.807) is 4.57 Å². The number of benzene rings is 2. The summed E-state index contributed by atoms with van der Waals surface area (Å²) in [6.45, 7) is 4.50. The Labute approximate surface area is 189 Å². The molecular formula is C24H23N3O2S2. The Balaban J connectivity index is 1.60. The van der Waals surface area contributed by atoms with Gasteiger partial charge in [0.25, 0.3) is 5.56 Å². The molecule has 5 nitrogen and oxygen atoms in total. The van der Waals surface area contributed by atoms with Crippen LogP contribution in [0.5, 0.6) is 0 Å². The summed E-state index contributed by atoms with van der Waals surface area (Å²) in [4.78, 5) is 32.4. The summed E-state index contributed by atoms with van der Waals surface area (Å²) in [5, 5.41) is 4.15. The van der Waals surface area contributed by atoms with Crippen LogP contribution in [-0.2, 0) is 17.8 Å². The van der Waals surface area contributed by atoms with Gasteiger partial charge in [0.2, 0.25) is 5.91 Å². The van der Waals surface area contributed by atoms with E-state index in [2.05, 4.69) is 17.4 Å². The molecule has 2 heterocycles. The normalized spacial score (nSPS) is 11.0. The molecule has 4 rings (SSSR count). The SMILES string of the molecule is Cc1sc2nc(SCC(=O)Nc3ccccc3)n(CCc3ccccc3)c(=O)c2c1C. The number of thiophene rings is 1. The molecule has 0 bridgehead atoms. The zero-order valence-electron chi connectivity index (χ0n) is 17.4. The van der Waals surface area contributed by atoms with Crippen molar-refractivity contribution in [2.45, 2.75) is 32.0 Å². The van der Waals surface area contributed by atoms with E-state index in [4.69, 9.17) is 4.98 Å². The first-order valence-electron chi connectivity index (χ1n) is 10.0. The lowest BCUT2D eigenvalue weighted by molar-refractivity contribution is -0.113. The largest absolute Gasteiger partial charge is 0.325 e. The fourth-order valence-electron chi connectivity index (χ4n) is 3.35. The summed E-state index contributed by atoms with van der Waals surface area (Å²) < 4.78 is 1.72. The highest BCUT2D eigenvalue weighted by molar-refractivity contribution is 7.99. The van der Waals surface area contributed by atoms with Gasteiger partial charge in [-0.2, -0.15) is 0 Å². The maximum absolute atomic E-state index is 13.4. The number of para-hydroxylation sites is 1. The van der Waals surface area contributed by atoms with E-state index in [0.29, 0.717) is 17.1 Å². The lowest BCUT2D eigenvalue weighted by Crippen LogP contribution is -2.25. The Kier molecular flexibility index (Phi) is 6.53. The number of hydrogen-bond donors (Lipinski definition) is 1. The van der Waals surface area contributed by atoms with Gasteiger partial charge in [0, 0.05) is 17.1 Å².